The summed E-state index contributed by atoms with van der Waals surface area (Å²) >= 11 is 0. The zero-order valence-corrected chi connectivity index (χ0v) is 23.4. The Morgan fingerprint density at radius 3 is 1.78 bits per heavy atom. The number of unbranched alkanes of at least 4 members (excludes halogenated alkanes) is 3. The van der Waals surface area contributed by atoms with Crippen molar-refractivity contribution in [2.75, 3.05) is 19.6 Å². The van der Waals surface area contributed by atoms with Crippen LogP contribution in [0.15, 0.2) is 78.4 Å². The van der Waals surface area contributed by atoms with Crippen molar-refractivity contribution in [1.82, 2.24) is 4.90 Å². The van der Waals surface area contributed by atoms with Crippen LogP contribution in [-0.4, -0.2) is 24.5 Å². The van der Waals surface area contributed by atoms with E-state index in [1.165, 1.54) is 98.0 Å². The van der Waals surface area contributed by atoms with Crippen LogP contribution in [0, 0.1) is 0 Å². The minimum absolute atomic E-state index is 0.245. The molecule has 0 radical (unpaired) electrons. The predicted molar refractivity (Wildman–Crippen MR) is 159 cm³/mol. The van der Waals surface area contributed by atoms with Gasteiger partial charge in [0.15, 0.2) is 0 Å². The first-order chi connectivity index (χ1) is 18.0. The van der Waals surface area contributed by atoms with Crippen molar-refractivity contribution in [1.29, 1.82) is 0 Å². The molecule has 5 rings (SSSR count). The van der Waals surface area contributed by atoms with Gasteiger partial charge in [0.05, 0.1) is 0 Å². The molecule has 0 N–H and O–H groups in total. The minimum atomic E-state index is 0.245. The van der Waals surface area contributed by atoms with Gasteiger partial charge in [-0.1, -0.05) is 112 Å². The maximum atomic E-state index is 2.71. The van der Waals surface area contributed by atoms with E-state index < -0.39 is 0 Å². The maximum Gasteiger partial charge on any atom is 0.00190 e. The average molecular weight is 492 g/mol. The zero-order valence-electron chi connectivity index (χ0n) is 23.4. The molecule has 3 aromatic rings. The van der Waals surface area contributed by atoms with Crippen molar-refractivity contribution < 1.29 is 0 Å². The van der Waals surface area contributed by atoms with E-state index in [1.807, 2.05) is 0 Å². The Morgan fingerprint density at radius 1 is 0.622 bits per heavy atom. The van der Waals surface area contributed by atoms with Crippen molar-refractivity contribution in [3.8, 4) is 0 Å². The van der Waals surface area contributed by atoms with E-state index in [0.29, 0.717) is 0 Å². The Bertz CT molecular complexity index is 1150. The van der Waals surface area contributed by atoms with Gasteiger partial charge in [0.2, 0.25) is 0 Å². The molecule has 194 valence electrons. The van der Waals surface area contributed by atoms with Crippen LogP contribution < -0.4 is 0 Å². The molecule has 0 bridgehead atoms. The molecular formula is C36H45N. The van der Waals surface area contributed by atoms with E-state index in [1.54, 1.807) is 11.1 Å². The minimum Gasteiger partial charge on any atom is -0.303 e. The molecule has 1 heterocycles. The molecule has 2 aliphatic rings. The number of nitrogens with zero attached hydrogens (tertiary/aromatic N) is 1. The first kappa shape index (κ1) is 26.0. The predicted octanol–water partition coefficient (Wildman–Crippen LogP) is 8.78. The van der Waals surface area contributed by atoms with Crippen LogP contribution in [0.5, 0.6) is 0 Å². The van der Waals surface area contributed by atoms with Gasteiger partial charge in [-0.3, -0.25) is 0 Å². The molecule has 37 heavy (non-hydrogen) atoms. The third-order valence-corrected chi connectivity index (χ3v) is 8.56. The highest BCUT2D eigenvalue weighted by atomic mass is 15.1. The highest BCUT2D eigenvalue weighted by Gasteiger charge is 2.23. The summed E-state index contributed by atoms with van der Waals surface area (Å²) in [7, 11) is 0. The van der Waals surface area contributed by atoms with Gasteiger partial charge in [-0.25, -0.2) is 0 Å². The van der Waals surface area contributed by atoms with Gasteiger partial charge in [0, 0.05) is 13.1 Å². The van der Waals surface area contributed by atoms with E-state index >= 15 is 0 Å². The molecule has 0 aromatic heterocycles. The molecule has 0 saturated carbocycles. The largest absolute Gasteiger partial charge is 0.303 e. The summed E-state index contributed by atoms with van der Waals surface area (Å²) < 4.78 is 0. The van der Waals surface area contributed by atoms with Crippen LogP contribution in [0.4, 0.5) is 0 Å². The van der Waals surface area contributed by atoms with E-state index in [0.717, 1.165) is 12.8 Å². The van der Waals surface area contributed by atoms with Crippen molar-refractivity contribution in [2.45, 2.75) is 84.0 Å². The summed E-state index contributed by atoms with van der Waals surface area (Å²) in [6, 6.07) is 27.6. The second-order valence-corrected chi connectivity index (χ2v) is 12.2. The molecule has 0 atom stereocenters. The number of fused-ring (bicyclic) bond motifs is 2. The molecule has 3 aromatic carbocycles. The van der Waals surface area contributed by atoms with Crippen molar-refractivity contribution in [3.05, 3.63) is 112 Å². The second kappa shape index (κ2) is 11.8. The molecule has 1 aliphatic carbocycles. The summed E-state index contributed by atoms with van der Waals surface area (Å²) in [5.41, 5.74) is 12.4. The van der Waals surface area contributed by atoms with Crippen LogP contribution in [0.25, 0.3) is 5.57 Å². The van der Waals surface area contributed by atoms with Gasteiger partial charge in [-0.2, -0.15) is 0 Å². The first-order valence-corrected chi connectivity index (χ1v) is 14.7. The Labute approximate surface area is 225 Å². The lowest BCUT2D eigenvalue weighted by atomic mass is 9.86. The maximum absolute atomic E-state index is 2.71. The smallest absolute Gasteiger partial charge is 0.00190 e. The molecule has 0 amide bonds. The lowest BCUT2D eigenvalue weighted by Crippen LogP contribution is -2.32. The molecule has 0 unspecified atom stereocenters. The van der Waals surface area contributed by atoms with E-state index in [9.17, 15) is 0 Å². The van der Waals surface area contributed by atoms with Crippen molar-refractivity contribution in [2.24, 2.45) is 0 Å². The van der Waals surface area contributed by atoms with Crippen LogP contribution in [0.1, 0.15) is 92.7 Å². The SMILES string of the molecule is CC(C)(C)c1ccc(CCCCCCN2CCC(=C3c4ccccc4CCc4ccccc43)CC2)cc1. The lowest BCUT2D eigenvalue weighted by Gasteiger charge is -2.30. The zero-order chi connectivity index (χ0) is 25.7. The van der Waals surface area contributed by atoms with Crippen LogP contribution in [0.3, 0.4) is 0 Å². The Kier molecular flexibility index (Phi) is 8.30. The third kappa shape index (κ3) is 6.44. The van der Waals surface area contributed by atoms with Gasteiger partial charge in [0.25, 0.3) is 0 Å². The Hall–Kier alpha value is -2.64. The monoisotopic (exact) mass is 491 g/mol. The first-order valence-electron chi connectivity index (χ1n) is 14.7. The summed E-state index contributed by atoms with van der Waals surface area (Å²) in [4.78, 5) is 2.71. The quantitative estimate of drug-likeness (QED) is 0.299. The molecule has 1 saturated heterocycles. The Morgan fingerprint density at radius 2 is 1.19 bits per heavy atom. The third-order valence-electron chi connectivity index (χ3n) is 8.56. The van der Waals surface area contributed by atoms with Gasteiger partial charge >= 0.3 is 0 Å². The van der Waals surface area contributed by atoms with Gasteiger partial charge in [-0.05, 0) is 95.9 Å². The summed E-state index contributed by atoms with van der Waals surface area (Å²) in [5, 5.41) is 0. The van der Waals surface area contributed by atoms with Crippen LogP contribution >= 0.6 is 0 Å². The molecular weight excluding hydrogens is 446 g/mol. The van der Waals surface area contributed by atoms with Crippen molar-refractivity contribution >= 4 is 5.57 Å². The van der Waals surface area contributed by atoms with E-state index in [4.69, 9.17) is 0 Å². The summed E-state index contributed by atoms with van der Waals surface area (Å²) in [5.74, 6) is 0. The topological polar surface area (TPSA) is 3.24 Å². The number of hydrogen-bond acceptors (Lipinski definition) is 1. The second-order valence-electron chi connectivity index (χ2n) is 12.2. The van der Waals surface area contributed by atoms with Gasteiger partial charge < -0.3 is 4.90 Å². The van der Waals surface area contributed by atoms with E-state index in [-0.39, 0.29) is 5.41 Å². The number of hydrogen-bond donors (Lipinski definition) is 0. The number of rotatable bonds is 7. The molecule has 1 aliphatic heterocycles. The van der Waals surface area contributed by atoms with Crippen molar-refractivity contribution in [3.63, 3.8) is 0 Å². The van der Waals surface area contributed by atoms with Crippen LogP contribution in [0.2, 0.25) is 0 Å². The number of piperidine rings is 1. The molecule has 1 heteroatoms. The number of aryl methyl sites for hydroxylation is 3. The highest BCUT2D eigenvalue weighted by molar-refractivity contribution is 5.86. The highest BCUT2D eigenvalue weighted by Crippen LogP contribution is 2.38. The lowest BCUT2D eigenvalue weighted by molar-refractivity contribution is 0.251. The van der Waals surface area contributed by atoms with Gasteiger partial charge in [0.1, 0.15) is 0 Å². The fourth-order valence-electron chi connectivity index (χ4n) is 6.25. The number of likely N-dealkylation sites (tertiary alicyclic amines) is 1. The Balaban J connectivity index is 1.11. The summed E-state index contributed by atoms with van der Waals surface area (Å²) in [6.07, 6.45) is 11.3. The fraction of sp³-hybridized carbons (Fsp3) is 0.444. The van der Waals surface area contributed by atoms with Crippen LogP contribution in [-0.2, 0) is 24.7 Å². The van der Waals surface area contributed by atoms with E-state index in [2.05, 4.69) is 98.5 Å². The fourth-order valence-corrected chi connectivity index (χ4v) is 6.25. The van der Waals surface area contributed by atoms with Gasteiger partial charge in [-0.15, -0.1) is 0 Å². The number of benzene rings is 3. The standard InChI is InChI=1S/C36H45N/c1-36(2,3)32-21-17-28(18-22-32)12-6-4-5-11-25-37-26-23-31(24-27-37)35-33-15-9-7-13-29(33)19-20-30-14-8-10-16-34(30)35/h7-10,13-18,21-22H,4-6,11-12,19-20,23-27H2,1-3H3. The summed E-state index contributed by atoms with van der Waals surface area (Å²) in [6.45, 7) is 10.6. The average Bonchev–Trinajstić information content (AvgIpc) is 3.08. The molecule has 0 spiro atoms. The molecule has 1 fully saturated rings. The normalized spacial score (nSPS) is 16.3. The molecule has 1 nitrogen and oxygen atoms in total.